The van der Waals surface area contributed by atoms with Crippen LogP contribution in [0.1, 0.15) is 12.5 Å². The Labute approximate surface area is 178 Å². The van der Waals surface area contributed by atoms with Gasteiger partial charge in [-0.2, -0.15) is 20.1 Å². The first-order valence-corrected chi connectivity index (χ1v) is 9.95. The van der Waals surface area contributed by atoms with E-state index in [1.807, 2.05) is 35.4 Å². The van der Waals surface area contributed by atoms with Crippen LogP contribution in [-0.2, 0) is 14.3 Å². The van der Waals surface area contributed by atoms with Gasteiger partial charge in [0.25, 0.3) is 5.95 Å². The number of nitrogens with one attached hydrogen (secondary N) is 2. The lowest BCUT2D eigenvalue weighted by Gasteiger charge is -2.26. The molecule has 1 aliphatic rings. The van der Waals surface area contributed by atoms with E-state index in [1.54, 1.807) is 13.1 Å². The number of hydrogen-bond donors (Lipinski definition) is 2. The fourth-order valence-corrected chi connectivity index (χ4v) is 3.05. The predicted molar refractivity (Wildman–Crippen MR) is 115 cm³/mol. The van der Waals surface area contributed by atoms with Crippen molar-refractivity contribution in [2.45, 2.75) is 6.92 Å². The number of para-hydroxylation sites is 1. The summed E-state index contributed by atoms with van der Waals surface area (Å²) in [4.78, 5) is 29.7. The normalized spacial score (nSPS) is 14.2. The molecule has 0 bridgehead atoms. The van der Waals surface area contributed by atoms with Gasteiger partial charge < -0.3 is 24.1 Å². The average Bonchev–Trinajstić information content (AvgIpc) is 3.22. The van der Waals surface area contributed by atoms with Gasteiger partial charge in [0.1, 0.15) is 0 Å². The van der Waals surface area contributed by atoms with E-state index in [-0.39, 0.29) is 25.2 Å². The Morgan fingerprint density at radius 1 is 1.29 bits per heavy atom. The number of aromatic amines is 1. The van der Waals surface area contributed by atoms with Crippen LogP contribution in [0.5, 0.6) is 6.01 Å². The SMILES string of the molecule is CCOC(=O)COc1nc(N/N=C\c2c[nH]c3ccccc23)nc(N2CCOCC2)n1. The second-order valence-electron chi connectivity index (χ2n) is 6.59. The largest absolute Gasteiger partial charge is 0.463 e. The molecular weight excluding hydrogens is 402 g/mol. The van der Waals surface area contributed by atoms with Crippen molar-refractivity contribution in [2.24, 2.45) is 5.10 Å². The van der Waals surface area contributed by atoms with Crippen molar-refractivity contribution in [3.63, 3.8) is 0 Å². The Kier molecular flexibility index (Phi) is 6.53. The summed E-state index contributed by atoms with van der Waals surface area (Å²) in [7, 11) is 0. The van der Waals surface area contributed by atoms with Crippen molar-refractivity contribution >= 4 is 35.0 Å². The number of anilines is 2. The quantitative estimate of drug-likeness (QED) is 0.314. The molecule has 31 heavy (non-hydrogen) atoms. The van der Waals surface area contributed by atoms with E-state index >= 15 is 0 Å². The summed E-state index contributed by atoms with van der Waals surface area (Å²) in [6, 6.07) is 7.94. The van der Waals surface area contributed by atoms with E-state index in [9.17, 15) is 4.79 Å². The molecule has 162 valence electrons. The van der Waals surface area contributed by atoms with E-state index in [0.717, 1.165) is 16.5 Å². The van der Waals surface area contributed by atoms with Crippen LogP contribution in [0.25, 0.3) is 10.9 Å². The Balaban J connectivity index is 1.51. The molecule has 1 fully saturated rings. The minimum atomic E-state index is -0.497. The molecule has 3 aromatic rings. The van der Waals surface area contributed by atoms with Crippen LogP contribution in [-0.4, -0.2) is 71.6 Å². The highest BCUT2D eigenvalue weighted by Crippen LogP contribution is 2.18. The van der Waals surface area contributed by atoms with Crippen LogP contribution in [0.3, 0.4) is 0 Å². The van der Waals surface area contributed by atoms with Gasteiger partial charge in [0.2, 0.25) is 5.95 Å². The first kappa shape index (κ1) is 20.5. The van der Waals surface area contributed by atoms with E-state index < -0.39 is 5.97 Å². The van der Waals surface area contributed by atoms with E-state index in [0.29, 0.717) is 32.3 Å². The molecule has 0 saturated carbocycles. The van der Waals surface area contributed by atoms with Gasteiger partial charge in [0, 0.05) is 35.8 Å². The molecule has 0 spiro atoms. The molecule has 2 aromatic heterocycles. The van der Waals surface area contributed by atoms with Crippen LogP contribution in [0.2, 0.25) is 0 Å². The fourth-order valence-electron chi connectivity index (χ4n) is 3.05. The maximum atomic E-state index is 11.6. The van der Waals surface area contributed by atoms with Crippen molar-refractivity contribution in [3.05, 3.63) is 36.0 Å². The third kappa shape index (κ3) is 5.25. The molecule has 0 amide bonds. The number of carbonyl (C=O) groups excluding carboxylic acids is 1. The predicted octanol–water partition coefficient (Wildman–Crippen LogP) is 1.58. The fraction of sp³-hybridized carbons (Fsp3) is 0.350. The molecule has 4 rings (SSSR count). The molecule has 1 aromatic carbocycles. The van der Waals surface area contributed by atoms with Gasteiger partial charge in [-0.1, -0.05) is 18.2 Å². The first-order chi connectivity index (χ1) is 15.2. The molecule has 2 N–H and O–H groups in total. The molecule has 0 aliphatic carbocycles. The first-order valence-electron chi connectivity index (χ1n) is 9.95. The zero-order valence-electron chi connectivity index (χ0n) is 17.1. The van der Waals surface area contributed by atoms with Crippen molar-refractivity contribution in [1.82, 2.24) is 19.9 Å². The summed E-state index contributed by atoms with van der Waals surface area (Å²) in [6.45, 7) is 4.13. The number of hydrogen-bond acceptors (Lipinski definition) is 10. The Hall–Kier alpha value is -3.73. The summed E-state index contributed by atoms with van der Waals surface area (Å²) in [5.41, 5.74) is 4.76. The third-order valence-electron chi connectivity index (χ3n) is 4.51. The van der Waals surface area contributed by atoms with E-state index in [2.05, 4.69) is 30.5 Å². The third-order valence-corrected chi connectivity index (χ3v) is 4.51. The average molecular weight is 425 g/mol. The zero-order valence-corrected chi connectivity index (χ0v) is 17.1. The van der Waals surface area contributed by atoms with Gasteiger partial charge >= 0.3 is 12.0 Å². The Morgan fingerprint density at radius 2 is 2.13 bits per heavy atom. The minimum absolute atomic E-state index is 0.00865. The second kappa shape index (κ2) is 9.85. The number of benzene rings is 1. The minimum Gasteiger partial charge on any atom is -0.463 e. The Morgan fingerprint density at radius 3 is 2.97 bits per heavy atom. The van der Waals surface area contributed by atoms with Crippen molar-refractivity contribution in [2.75, 3.05) is 49.8 Å². The van der Waals surface area contributed by atoms with E-state index in [4.69, 9.17) is 14.2 Å². The smallest absolute Gasteiger partial charge is 0.344 e. The van der Waals surface area contributed by atoms with Crippen LogP contribution >= 0.6 is 0 Å². The standard InChI is InChI=1S/C20H23N7O4/c1-2-30-17(28)13-31-20-24-18(23-19(25-20)27-7-9-29-10-8-27)26-22-12-14-11-21-16-6-4-3-5-15(14)16/h3-6,11-12,21H,2,7-10,13H2,1H3,(H,23,24,25,26)/b22-12-. The summed E-state index contributed by atoms with van der Waals surface area (Å²) in [6.07, 6.45) is 3.55. The maximum Gasteiger partial charge on any atom is 0.344 e. The van der Waals surface area contributed by atoms with Crippen LogP contribution in [0, 0.1) is 0 Å². The van der Waals surface area contributed by atoms with Gasteiger partial charge in [-0.05, 0) is 13.0 Å². The van der Waals surface area contributed by atoms with Crippen LogP contribution in [0.4, 0.5) is 11.9 Å². The molecule has 3 heterocycles. The summed E-state index contributed by atoms with van der Waals surface area (Å²) in [5.74, 6) is 0.121. The summed E-state index contributed by atoms with van der Waals surface area (Å²) >= 11 is 0. The lowest BCUT2D eigenvalue weighted by Crippen LogP contribution is -2.37. The van der Waals surface area contributed by atoms with Crippen LogP contribution in [0.15, 0.2) is 35.6 Å². The molecule has 0 radical (unpaired) electrons. The van der Waals surface area contributed by atoms with Crippen molar-refractivity contribution < 1.29 is 19.0 Å². The number of carbonyl (C=O) groups is 1. The lowest BCUT2D eigenvalue weighted by molar-refractivity contribution is -0.145. The number of aromatic nitrogens is 4. The molecule has 1 aliphatic heterocycles. The zero-order chi connectivity index (χ0) is 21.5. The topological polar surface area (TPSA) is 127 Å². The number of esters is 1. The summed E-state index contributed by atoms with van der Waals surface area (Å²) in [5, 5.41) is 5.30. The lowest BCUT2D eigenvalue weighted by atomic mass is 10.2. The monoisotopic (exact) mass is 425 g/mol. The van der Waals surface area contributed by atoms with Gasteiger partial charge in [-0.3, -0.25) is 0 Å². The number of morpholine rings is 1. The molecule has 0 atom stereocenters. The molecular formula is C20H23N7O4. The molecule has 1 saturated heterocycles. The molecule has 11 nitrogen and oxygen atoms in total. The number of fused-ring (bicyclic) bond motifs is 1. The number of nitrogens with zero attached hydrogens (tertiary/aromatic N) is 5. The second-order valence-corrected chi connectivity index (χ2v) is 6.59. The maximum absolute atomic E-state index is 11.6. The number of rotatable bonds is 8. The highest BCUT2D eigenvalue weighted by atomic mass is 16.6. The molecule has 0 unspecified atom stereocenters. The van der Waals surface area contributed by atoms with Crippen molar-refractivity contribution in [3.8, 4) is 6.01 Å². The molecule has 11 heteroatoms. The summed E-state index contributed by atoms with van der Waals surface area (Å²) < 4.78 is 15.7. The highest BCUT2D eigenvalue weighted by Gasteiger charge is 2.18. The van der Waals surface area contributed by atoms with Gasteiger partial charge in [-0.25, -0.2) is 10.2 Å². The number of hydrazone groups is 1. The number of ether oxygens (including phenoxy) is 3. The Bertz CT molecular complexity index is 1060. The highest BCUT2D eigenvalue weighted by molar-refractivity contribution is 5.99. The van der Waals surface area contributed by atoms with Crippen LogP contribution < -0.4 is 15.1 Å². The van der Waals surface area contributed by atoms with Gasteiger partial charge in [-0.15, -0.1) is 0 Å². The van der Waals surface area contributed by atoms with Gasteiger partial charge in [0.15, 0.2) is 6.61 Å². The number of H-pyrrole nitrogens is 1. The van der Waals surface area contributed by atoms with Gasteiger partial charge in [0.05, 0.1) is 26.0 Å². The van der Waals surface area contributed by atoms with Crippen molar-refractivity contribution in [1.29, 1.82) is 0 Å². The van der Waals surface area contributed by atoms with E-state index in [1.165, 1.54) is 0 Å².